The number of hydrazone groups is 1. The first-order valence-corrected chi connectivity index (χ1v) is 6.59. The van der Waals surface area contributed by atoms with E-state index in [4.69, 9.17) is 9.47 Å². The van der Waals surface area contributed by atoms with Crippen LogP contribution in [-0.4, -0.2) is 31.4 Å². The van der Waals surface area contributed by atoms with Crippen molar-refractivity contribution in [3.63, 3.8) is 0 Å². The number of hydrogen-bond donors (Lipinski definition) is 2. The third-order valence-electron chi connectivity index (χ3n) is 3.00. The normalized spacial score (nSPS) is 10.6. The minimum atomic E-state index is -0.669. The Morgan fingerprint density at radius 3 is 2.39 bits per heavy atom. The van der Waals surface area contributed by atoms with E-state index in [0.29, 0.717) is 5.56 Å². The standard InChI is InChI=1S/C16H15FN2O4/c1-22-13-7-10(8-14(23-2)15(13)20)9-18-19-16(21)11-5-3-4-6-12(11)17/h3-9,20H,1-2H3,(H,19,21)/b18-9+. The number of amides is 1. The van der Waals surface area contributed by atoms with Gasteiger partial charge in [0.2, 0.25) is 5.75 Å². The lowest BCUT2D eigenvalue weighted by Gasteiger charge is -2.09. The molecule has 0 radical (unpaired) electrons. The van der Waals surface area contributed by atoms with Crippen molar-refractivity contribution in [2.45, 2.75) is 0 Å². The fourth-order valence-electron chi connectivity index (χ4n) is 1.86. The topological polar surface area (TPSA) is 80.2 Å². The van der Waals surface area contributed by atoms with Gasteiger partial charge in [0.1, 0.15) is 5.82 Å². The van der Waals surface area contributed by atoms with Gasteiger partial charge in [-0.2, -0.15) is 5.10 Å². The van der Waals surface area contributed by atoms with E-state index in [2.05, 4.69) is 10.5 Å². The number of phenols is 1. The first-order chi connectivity index (χ1) is 11.1. The molecule has 7 heteroatoms. The van der Waals surface area contributed by atoms with Crippen LogP contribution in [0.25, 0.3) is 0 Å². The molecular formula is C16H15FN2O4. The summed E-state index contributed by atoms with van der Waals surface area (Å²) in [5.41, 5.74) is 2.64. The molecule has 0 aliphatic rings. The van der Waals surface area contributed by atoms with E-state index < -0.39 is 11.7 Å². The Hall–Kier alpha value is -3.09. The molecule has 0 fully saturated rings. The quantitative estimate of drug-likeness (QED) is 0.655. The van der Waals surface area contributed by atoms with E-state index in [0.717, 1.165) is 0 Å². The predicted octanol–water partition coefficient (Wildman–Crippen LogP) is 2.31. The Bertz CT molecular complexity index is 722. The van der Waals surface area contributed by atoms with Crippen LogP contribution in [-0.2, 0) is 0 Å². The molecule has 0 aromatic heterocycles. The molecule has 0 saturated carbocycles. The number of ether oxygens (including phenoxy) is 2. The van der Waals surface area contributed by atoms with Gasteiger partial charge >= 0.3 is 0 Å². The summed E-state index contributed by atoms with van der Waals surface area (Å²) in [6, 6.07) is 8.61. The van der Waals surface area contributed by atoms with Crippen LogP contribution in [0.15, 0.2) is 41.5 Å². The maximum absolute atomic E-state index is 13.5. The van der Waals surface area contributed by atoms with Crippen molar-refractivity contribution in [3.05, 3.63) is 53.3 Å². The zero-order valence-corrected chi connectivity index (χ0v) is 12.5. The number of benzene rings is 2. The first kappa shape index (κ1) is 16.3. The van der Waals surface area contributed by atoms with Gasteiger partial charge in [0, 0.05) is 5.56 Å². The molecular weight excluding hydrogens is 303 g/mol. The minimum absolute atomic E-state index is 0.106. The fourth-order valence-corrected chi connectivity index (χ4v) is 1.86. The number of methoxy groups -OCH3 is 2. The molecule has 2 rings (SSSR count). The number of rotatable bonds is 5. The summed E-state index contributed by atoms with van der Waals surface area (Å²) in [5, 5.41) is 13.6. The number of carbonyl (C=O) groups excluding carboxylic acids is 1. The maximum atomic E-state index is 13.5. The number of nitrogens with zero attached hydrogens (tertiary/aromatic N) is 1. The monoisotopic (exact) mass is 318 g/mol. The Kier molecular flexibility index (Phi) is 5.14. The fraction of sp³-hybridized carbons (Fsp3) is 0.125. The second kappa shape index (κ2) is 7.26. The van der Waals surface area contributed by atoms with E-state index in [9.17, 15) is 14.3 Å². The van der Waals surface area contributed by atoms with Gasteiger partial charge < -0.3 is 14.6 Å². The summed E-state index contributed by atoms with van der Waals surface area (Å²) in [4.78, 5) is 11.8. The number of hydrogen-bond acceptors (Lipinski definition) is 5. The van der Waals surface area contributed by atoms with Crippen molar-refractivity contribution in [2.75, 3.05) is 14.2 Å². The molecule has 23 heavy (non-hydrogen) atoms. The minimum Gasteiger partial charge on any atom is -0.502 e. The van der Waals surface area contributed by atoms with Gasteiger partial charge in [-0.05, 0) is 24.3 Å². The van der Waals surface area contributed by atoms with Crippen LogP contribution in [0.1, 0.15) is 15.9 Å². The highest BCUT2D eigenvalue weighted by atomic mass is 19.1. The molecule has 0 saturated heterocycles. The summed E-state index contributed by atoms with van der Waals surface area (Å²) in [6.07, 6.45) is 1.32. The SMILES string of the molecule is COc1cc(/C=N/NC(=O)c2ccccc2F)cc(OC)c1O. The van der Waals surface area contributed by atoms with Gasteiger partial charge in [0.15, 0.2) is 11.5 Å². The molecule has 0 bridgehead atoms. The van der Waals surface area contributed by atoms with Crippen LogP contribution in [0.5, 0.6) is 17.2 Å². The van der Waals surface area contributed by atoms with Crippen molar-refractivity contribution in [3.8, 4) is 17.2 Å². The van der Waals surface area contributed by atoms with Crippen molar-refractivity contribution >= 4 is 12.1 Å². The van der Waals surface area contributed by atoms with E-state index in [-0.39, 0.29) is 22.8 Å². The lowest BCUT2D eigenvalue weighted by atomic mass is 10.2. The Balaban J connectivity index is 2.15. The Labute approximate surface area is 132 Å². The molecule has 0 heterocycles. The third kappa shape index (κ3) is 3.76. The van der Waals surface area contributed by atoms with Gasteiger partial charge in [-0.25, -0.2) is 9.82 Å². The van der Waals surface area contributed by atoms with Crippen LogP contribution in [0, 0.1) is 5.82 Å². The number of aromatic hydroxyl groups is 1. The summed E-state index contributed by atoms with van der Waals surface area (Å²) < 4.78 is 23.5. The highest BCUT2D eigenvalue weighted by molar-refractivity contribution is 5.95. The van der Waals surface area contributed by atoms with Crippen LogP contribution in [0.4, 0.5) is 4.39 Å². The van der Waals surface area contributed by atoms with Crippen LogP contribution in [0.3, 0.4) is 0 Å². The number of nitrogens with one attached hydrogen (secondary N) is 1. The summed E-state index contributed by atoms with van der Waals surface area (Å²) >= 11 is 0. The highest BCUT2D eigenvalue weighted by Gasteiger charge is 2.11. The molecule has 2 N–H and O–H groups in total. The summed E-state index contributed by atoms with van der Waals surface area (Å²) in [6.45, 7) is 0. The smallest absolute Gasteiger partial charge is 0.274 e. The lowest BCUT2D eigenvalue weighted by molar-refractivity contribution is 0.0951. The second-order valence-corrected chi connectivity index (χ2v) is 4.45. The first-order valence-electron chi connectivity index (χ1n) is 6.59. The molecule has 0 spiro atoms. The van der Waals surface area contributed by atoms with Crippen LogP contribution < -0.4 is 14.9 Å². The van der Waals surface area contributed by atoms with Crippen LogP contribution >= 0.6 is 0 Å². The second-order valence-electron chi connectivity index (χ2n) is 4.45. The summed E-state index contributed by atoms with van der Waals surface area (Å²) in [5.74, 6) is -1.04. The Morgan fingerprint density at radius 2 is 1.83 bits per heavy atom. The van der Waals surface area contributed by atoms with Gasteiger partial charge in [-0.1, -0.05) is 12.1 Å². The number of phenolic OH excluding ortho intramolecular Hbond substituents is 1. The molecule has 1 amide bonds. The molecule has 0 aliphatic heterocycles. The van der Waals surface area contributed by atoms with Crippen molar-refractivity contribution in [1.29, 1.82) is 0 Å². The predicted molar refractivity (Wildman–Crippen MR) is 82.7 cm³/mol. The van der Waals surface area contributed by atoms with E-state index in [1.807, 2.05) is 0 Å². The zero-order chi connectivity index (χ0) is 16.8. The maximum Gasteiger partial charge on any atom is 0.274 e. The molecule has 0 atom stereocenters. The van der Waals surface area contributed by atoms with Gasteiger partial charge in [0.05, 0.1) is 26.0 Å². The molecule has 0 aliphatic carbocycles. The number of halogens is 1. The lowest BCUT2D eigenvalue weighted by Crippen LogP contribution is -2.18. The average molecular weight is 318 g/mol. The van der Waals surface area contributed by atoms with Crippen molar-refractivity contribution in [1.82, 2.24) is 5.43 Å². The van der Waals surface area contributed by atoms with Crippen molar-refractivity contribution < 1.29 is 23.8 Å². The summed E-state index contributed by atoms with van der Waals surface area (Å²) in [7, 11) is 2.80. The molecule has 2 aromatic rings. The molecule has 6 nitrogen and oxygen atoms in total. The molecule has 120 valence electrons. The highest BCUT2D eigenvalue weighted by Crippen LogP contribution is 2.36. The van der Waals surface area contributed by atoms with Gasteiger partial charge in [-0.15, -0.1) is 0 Å². The van der Waals surface area contributed by atoms with E-state index in [1.165, 1.54) is 50.8 Å². The average Bonchev–Trinajstić information content (AvgIpc) is 2.56. The van der Waals surface area contributed by atoms with Gasteiger partial charge in [0.25, 0.3) is 5.91 Å². The van der Waals surface area contributed by atoms with E-state index >= 15 is 0 Å². The largest absolute Gasteiger partial charge is 0.502 e. The third-order valence-corrected chi connectivity index (χ3v) is 3.00. The molecule has 0 unspecified atom stereocenters. The van der Waals surface area contributed by atoms with Gasteiger partial charge in [-0.3, -0.25) is 4.79 Å². The zero-order valence-electron chi connectivity index (χ0n) is 12.5. The molecule has 2 aromatic carbocycles. The Morgan fingerprint density at radius 1 is 1.22 bits per heavy atom. The number of carbonyl (C=O) groups is 1. The van der Waals surface area contributed by atoms with E-state index in [1.54, 1.807) is 6.07 Å². The van der Waals surface area contributed by atoms with Crippen LogP contribution in [0.2, 0.25) is 0 Å². The van der Waals surface area contributed by atoms with Crippen molar-refractivity contribution in [2.24, 2.45) is 5.10 Å².